The maximum atomic E-state index is 12.6. The summed E-state index contributed by atoms with van der Waals surface area (Å²) < 4.78 is 1.43. The van der Waals surface area contributed by atoms with E-state index >= 15 is 0 Å². The molecule has 0 unspecified atom stereocenters. The Balaban J connectivity index is 1.71. The van der Waals surface area contributed by atoms with Gasteiger partial charge in [-0.15, -0.1) is 5.10 Å². The third-order valence-corrected chi connectivity index (χ3v) is 4.87. The molecule has 1 aromatic heterocycles. The van der Waals surface area contributed by atoms with E-state index in [4.69, 9.17) is 0 Å². The molecule has 0 saturated carbocycles. The van der Waals surface area contributed by atoms with Crippen LogP contribution in [0.5, 0.6) is 0 Å². The number of amides is 2. The fourth-order valence-electron chi connectivity index (χ4n) is 3.18. The van der Waals surface area contributed by atoms with Gasteiger partial charge in [0.2, 0.25) is 5.91 Å². The monoisotopic (exact) mass is 391 g/mol. The number of rotatable bonds is 5. The van der Waals surface area contributed by atoms with Gasteiger partial charge in [0, 0.05) is 11.4 Å². The predicted octanol–water partition coefficient (Wildman–Crippen LogP) is 3.71. The van der Waals surface area contributed by atoms with Crippen molar-refractivity contribution in [1.82, 2.24) is 15.0 Å². The highest BCUT2D eigenvalue weighted by Crippen LogP contribution is 2.20. The van der Waals surface area contributed by atoms with E-state index < -0.39 is 0 Å². The van der Waals surface area contributed by atoms with Gasteiger partial charge in [0.05, 0.1) is 5.69 Å². The lowest BCUT2D eigenvalue weighted by molar-refractivity contribution is -0.117. The summed E-state index contributed by atoms with van der Waals surface area (Å²) in [6.07, 6.45) is 0. The van der Waals surface area contributed by atoms with Crippen LogP contribution >= 0.6 is 0 Å². The van der Waals surface area contributed by atoms with Gasteiger partial charge in [0.15, 0.2) is 5.69 Å². The zero-order valence-electron chi connectivity index (χ0n) is 17.3. The van der Waals surface area contributed by atoms with Crippen molar-refractivity contribution in [2.24, 2.45) is 0 Å². The molecule has 150 valence electrons. The number of nitrogens with zero attached hydrogens (tertiary/aromatic N) is 3. The van der Waals surface area contributed by atoms with E-state index in [0.717, 1.165) is 33.6 Å². The van der Waals surface area contributed by atoms with Crippen molar-refractivity contribution in [1.29, 1.82) is 0 Å². The van der Waals surface area contributed by atoms with Crippen LogP contribution in [0.2, 0.25) is 0 Å². The van der Waals surface area contributed by atoms with Crippen LogP contribution in [0.3, 0.4) is 0 Å². The number of carbonyl (C=O) groups excluding carboxylic acids is 2. The molecule has 29 heavy (non-hydrogen) atoms. The maximum Gasteiger partial charge on any atom is 0.278 e. The topological polar surface area (TPSA) is 88.9 Å². The number of aryl methyl sites for hydroxylation is 4. The molecule has 1 heterocycles. The molecule has 0 atom stereocenters. The van der Waals surface area contributed by atoms with Crippen molar-refractivity contribution in [3.8, 4) is 0 Å². The molecule has 0 saturated heterocycles. The third kappa shape index (κ3) is 4.51. The van der Waals surface area contributed by atoms with Gasteiger partial charge in [-0.1, -0.05) is 41.1 Å². The van der Waals surface area contributed by atoms with Gasteiger partial charge in [0.25, 0.3) is 5.91 Å². The van der Waals surface area contributed by atoms with E-state index in [1.54, 1.807) is 6.92 Å². The van der Waals surface area contributed by atoms with Crippen LogP contribution in [0.15, 0.2) is 36.4 Å². The van der Waals surface area contributed by atoms with Gasteiger partial charge in [-0.05, 0) is 57.4 Å². The Labute approximate surface area is 170 Å². The molecule has 7 nitrogen and oxygen atoms in total. The maximum absolute atomic E-state index is 12.6. The molecule has 0 fully saturated rings. The SMILES string of the molecule is Cc1ccc(NC(=O)c2nnn(CC(=O)Nc3c(C)cccc3C)c2C)c(C)c1. The van der Waals surface area contributed by atoms with E-state index in [1.165, 1.54) is 4.68 Å². The van der Waals surface area contributed by atoms with Crippen LogP contribution in [0.25, 0.3) is 0 Å². The number of carbonyl (C=O) groups is 2. The first-order chi connectivity index (χ1) is 13.8. The third-order valence-electron chi connectivity index (χ3n) is 4.87. The first kappa shape index (κ1) is 20.3. The summed E-state index contributed by atoms with van der Waals surface area (Å²) >= 11 is 0. The Morgan fingerprint density at radius 1 is 0.931 bits per heavy atom. The van der Waals surface area contributed by atoms with E-state index in [-0.39, 0.29) is 24.1 Å². The van der Waals surface area contributed by atoms with Gasteiger partial charge in [0.1, 0.15) is 6.54 Å². The number of hydrogen-bond acceptors (Lipinski definition) is 4. The molecule has 0 aliphatic heterocycles. The molecule has 0 aliphatic carbocycles. The van der Waals surface area contributed by atoms with Crippen LogP contribution in [-0.2, 0) is 11.3 Å². The van der Waals surface area contributed by atoms with Crippen molar-refractivity contribution in [2.75, 3.05) is 10.6 Å². The zero-order chi connectivity index (χ0) is 21.1. The molecule has 0 bridgehead atoms. The number of aromatic nitrogens is 3. The molecular weight excluding hydrogens is 366 g/mol. The molecular formula is C22H25N5O2. The quantitative estimate of drug-likeness (QED) is 0.694. The Hall–Kier alpha value is -3.48. The summed E-state index contributed by atoms with van der Waals surface area (Å²) in [6.45, 7) is 9.52. The molecule has 3 rings (SSSR count). The van der Waals surface area contributed by atoms with Crippen LogP contribution < -0.4 is 10.6 Å². The molecule has 2 N–H and O–H groups in total. The van der Waals surface area contributed by atoms with Crippen molar-refractivity contribution in [3.05, 3.63) is 70.0 Å². The fraction of sp³-hybridized carbons (Fsp3) is 0.273. The number of anilines is 2. The summed E-state index contributed by atoms with van der Waals surface area (Å²) in [5.74, 6) is -0.576. The number of hydrogen-bond donors (Lipinski definition) is 2. The highest BCUT2D eigenvalue weighted by molar-refractivity contribution is 6.04. The number of para-hydroxylation sites is 1. The summed E-state index contributed by atoms with van der Waals surface area (Å²) in [4.78, 5) is 25.1. The molecule has 0 radical (unpaired) electrons. The smallest absolute Gasteiger partial charge is 0.278 e. The second kappa shape index (κ2) is 8.26. The van der Waals surface area contributed by atoms with E-state index in [9.17, 15) is 9.59 Å². The average molecular weight is 391 g/mol. The van der Waals surface area contributed by atoms with E-state index in [1.807, 2.05) is 64.1 Å². The standard InChI is InChI=1S/C22H25N5O2/c1-13-9-10-18(16(4)11-13)23-22(29)21-17(5)27(26-25-21)12-19(28)24-20-14(2)7-6-8-15(20)3/h6-11H,12H2,1-5H3,(H,23,29)(H,24,28). The van der Waals surface area contributed by atoms with Crippen LogP contribution in [-0.4, -0.2) is 26.8 Å². The summed E-state index contributed by atoms with van der Waals surface area (Å²) in [5, 5.41) is 13.7. The average Bonchev–Trinajstić information content (AvgIpc) is 3.01. The molecule has 0 aliphatic rings. The predicted molar refractivity (Wildman–Crippen MR) is 113 cm³/mol. The van der Waals surface area contributed by atoms with Gasteiger partial charge in [-0.3, -0.25) is 9.59 Å². The van der Waals surface area contributed by atoms with Crippen LogP contribution in [0, 0.1) is 34.6 Å². The fourth-order valence-corrected chi connectivity index (χ4v) is 3.18. The van der Waals surface area contributed by atoms with Gasteiger partial charge < -0.3 is 10.6 Å². The molecule has 3 aromatic rings. The van der Waals surface area contributed by atoms with Crippen molar-refractivity contribution in [3.63, 3.8) is 0 Å². The Kier molecular flexibility index (Phi) is 5.77. The second-order valence-electron chi connectivity index (χ2n) is 7.27. The Bertz CT molecular complexity index is 1060. The number of benzene rings is 2. The van der Waals surface area contributed by atoms with Crippen molar-refractivity contribution < 1.29 is 9.59 Å². The minimum absolute atomic E-state index is 0.0244. The normalized spacial score (nSPS) is 10.7. The molecule has 2 aromatic carbocycles. The second-order valence-corrected chi connectivity index (χ2v) is 7.27. The lowest BCUT2D eigenvalue weighted by Crippen LogP contribution is -2.22. The van der Waals surface area contributed by atoms with Crippen LogP contribution in [0.4, 0.5) is 11.4 Å². The number of nitrogens with one attached hydrogen (secondary N) is 2. The largest absolute Gasteiger partial charge is 0.324 e. The summed E-state index contributed by atoms with van der Waals surface area (Å²) in [6, 6.07) is 11.6. The summed E-state index contributed by atoms with van der Waals surface area (Å²) in [7, 11) is 0. The van der Waals surface area contributed by atoms with Gasteiger partial charge in [-0.2, -0.15) is 0 Å². The Morgan fingerprint density at radius 3 is 2.28 bits per heavy atom. The minimum Gasteiger partial charge on any atom is -0.324 e. The highest BCUT2D eigenvalue weighted by atomic mass is 16.2. The molecule has 2 amide bonds. The van der Waals surface area contributed by atoms with Crippen molar-refractivity contribution in [2.45, 2.75) is 41.2 Å². The summed E-state index contributed by atoms with van der Waals surface area (Å²) in [5.41, 5.74) is 6.32. The zero-order valence-corrected chi connectivity index (χ0v) is 17.3. The minimum atomic E-state index is -0.351. The van der Waals surface area contributed by atoms with E-state index in [0.29, 0.717) is 5.69 Å². The first-order valence-electron chi connectivity index (χ1n) is 9.41. The molecule has 0 spiro atoms. The van der Waals surface area contributed by atoms with Crippen LogP contribution in [0.1, 0.15) is 38.4 Å². The van der Waals surface area contributed by atoms with Crippen molar-refractivity contribution >= 4 is 23.2 Å². The highest BCUT2D eigenvalue weighted by Gasteiger charge is 2.19. The Morgan fingerprint density at radius 2 is 1.62 bits per heavy atom. The van der Waals surface area contributed by atoms with Gasteiger partial charge in [-0.25, -0.2) is 4.68 Å². The van der Waals surface area contributed by atoms with Gasteiger partial charge >= 0.3 is 0 Å². The molecule has 7 heteroatoms. The lowest BCUT2D eigenvalue weighted by atomic mass is 10.1. The lowest BCUT2D eigenvalue weighted by Gasteiger charge is -2.12. The first-order valence-corrected chi connectivity index (χ1v) is 9.41. The van der Waals surface area contributed by atoms with E-state index in [2.05, 4.69) is 20.9 Å².